The van der Waals surface area contributed by atoms with Gasteiger partial charge in [-0.15, -0.1) is 0 Å². The van der Waals surface area contributed by atoms with E-state index in [1.54, 1.807) is 7.11 Å². The third-order valence-electron chi connectivity index (χ3n) is 3.97. The average Bonchev–Trinajstić information content (AvgIpc) is 2.80. The predicted molar refractivity (Wildman–Crippen MR) is 73.6 cm³/mol. The molecule has 1 fully saturated rings. The van der Waals surface area contributed by atoms with Crippen molar-refractivity contribution in [2.45, 2.75) is 46.1 Å². The second-order valence-corrected chi connectivity index (χ2v) is 5.35. The summed E-state index contributed by atoms with van der Waals surface area (Å²) in [4.78, 5) is 14.8. The molecule has 1 heterocycles. The molecule has 106 valence electrons. The van der Waals surface area contributed by atoms with Gasteiger partial charge in [0.2, 0.25) is 5.91 Å². The fourth-order valence-corrected chi connectivity index (χ4v) is 3.02. The first-order valence-corrected chi connectivity index (χ1v) is 7.12. The molecule has 0 radical (unpaired) electrons. The molecule has 0 aromatic heterocycles. The van der Waals surface area contributed by atoms with Gasteiger partial charge in [-0.25, -0.2) is 0 Å². The summed E-state index contributed by atoms with van der Waals surface area (Å²) in [5, 5.41) is 3.35. The molecular formula is C14H28N2O2. The predicted octanol–water partition coefficient (Wildman–Crippen LogP) is 1.65. The van der Waals surface area contributed by atoms with Crippen molar-refractivity contribution in [3.05, 3.63) is 0 Å². The summed E-state index contributed by atoms with van der Waals surface area (Å²) >= 11 is 0. The zero-order chi connectivity index (χ0) is 13.6. The number of hydrogen-bond acceptors (Lipinski definition) is 3. The maximum atomic E-state index is 12.8. The maximum absolute atomic E-state index is 12.8. The number of carbonyl (C=O) groups is 1. The van der Waals surface area contributed by atoms with Crippen molar-refractivity contribution in [2.75, 3.05) is 33.4 Å². The van der Waals surface area contributed by atoms with Gasteiger partial charge in [-0.05, 0) is 33.2 Å². The molecule has 2 unspecified atom stereocenters. The largest absolute Gasteiger partial charge is 0.383 e. The highest BCUT2D eigenvalue weighted by atomic mass is 16.5. The molecular weight excluding hydrogens is 228 g/mol. The van der Waals surface area contributed by atoms with Gasteiger partial charge in [0.25, 0.3) is 0 Å². The number of hydrogen-bond donors (Lipinski definition) is 1. The van der Waals surface area contributed by atoms with E-state index in [-0.39, 0.29) is 11.5 Å². The molecule has 1 N–H and O–H groups in total. The van der Waals surface area contributed by atoms with E-state index in [1.807, 2.05) is 11.8 Å². The van der Waals surface area contributed by atoms with Crippen molar-refractivity contribution in [2.24, 2.45) is 5.41 Å². The van der Waals surface area contributed by atoms with Crippen LogP contribution in [0.3, 0.4) is 0 Å². The van der Waals surface area contributed by atoms with Gasteiger partial charge in [-0.2, -0.15) is 0 Å². The molecule has 1 rings (SSSR count). The van der Waals surface area contributed by atoms with Crippen molar-refractivity contribution >= 4 is 5.91 Å². The van der Waals surface area contributed by atoms with Crippen LogP contribution < -0.4 is 5.32 Å². The molecule has 0 saturated carbocycles. The van der Waals surface area contributed by atoms with Crippen LogP contribution in [0.15, 0.2) is 0 Å². The number of nitrogens with zero attached hydrogens (tertiary/aromatic N) is 1. The second-order valence-electron chi connectivity index (χ2n) is 5.35. The normalized spacial score (nSPS) is 25.1. The summed E-state index contributed by atoms with van der Waals surface area (Å²) < 4.78 is 5.18. The fraction of sp³-hybridized carbons (Fsp3) is 0.929. The first-order chi connectivity index (χ1) is 8.61. The van der Waals surface area contributed by atoms with E-state index in [0.29, 0.717) is 12.5 Å². The van der Waals surface area contributed by atoms with E-state index in [1.165, 1.54) is 0 Å². The Kier molecular flexibility index (Phi) is 6.09. The first kappa shape index (κ1) is 15.4. The van der Waals surface area contributed by atoms with Crippen LogP contribution in [0.5, 0.6) is 0 Å². The number of likely N-dealkylation sites (N-methyl/N-ethyl adjacent to an activating group) is 1. The second kappa shape index (κ2) is 7.10. The Hall–Kier alpha value is -0.610. The van der Waals surface area contributed by atoms with Crippen LogP contribution in [0.25, 0.3) is 0 Å². The first-order valence-electron chi connectivity index (χ1n) is 7.12. The summed E-state index contributed by atoms with van der Waals surface area (Å²) in [7, 11) is 1.69. The Balaban J connectivity index is 2.80. The molecule has 1 amide bonds. The molecule has 1 aliphatic rings. The van der Waals surface area contributed by atoms with Crippen LogP contribution in [0.1, 0.15) is 40.0 Å². The molecule has 1 saturated heterocycles. The van der Waals surface area contributed by atoms with Crippen LogP contribution in [0.2, 0.25) is 0 Å². The molecule has 0 spiro atoms. The summed E-state index contributed by atoms with van der Waals surface area (Å²) in [6, 6.07) is 0.154. The van der Waals surface area contributed by atoms with Gasteiger partial charge in [0.15, 0.2) is 0 Å². The topological polar surface area (TPSA) is 41.6 Å². The lowest BCUT2D eigenvalue weighted by molar-refractivity contribution is -0.144. The summed E-state index contributed by atoms with van der Waals surface area (Å²) in [5.41, 5.74) is -0.174. The minimum absolute atomic E-state index is 0.154. The lowest BCUT2D eigenvalue weighted by atomic mass is 9.80. The number of amides is 1. The smallest absolute Gasteiger partial charge is 0.230 e. The molecule has 0 bridgehead atoms. The zero-order valence-corrected chi connectivity index (χ0v) is 12.3. The monoisotopic (exact) mass is 256 g/mol. The van der Waals surface area contributed by atoms with E-state index in [9.17, 15) is 4.79 Å². The van der Waals surface area contributed by atoms with Crippen molar-refractivity contribution < 1.29 is 9.53 Å². The molecule has 0 aromatic rings. The highest BCUT2D eigenvalue weighted by molar-refractivity contribution is 5.83. The Morgan fingerprint density at radius 3 is 2.67 bits per heavy atom. The SMILES string of the molecule is CCCC1(C(=O)N(CC)C(C)COC)CCNC1. The Morgan fingerprint density at radius 2 is 2.22 bits per heavy atom. The van der Waals surface area contributed by atoms with Crippen LogP contribution in [-0.4, -0.2) is 50.2 Å². The van der Waals surface area contributed by atoms with E-state index in [2.05, 4.69) is 19.2 Å². The number of ether oxygens (including phenoxy) is 1. The number of rotatable bonds is 7. The molecule has 0 aliphatic carbocycles. The highest BCUT2D eigenvalue weighted by Crippen LogP contribution is 2.33. The molecule has 4 nitrogen and oxygen atoms in total. The van der Waals surface area contributed by atoms with Gasteiger partial charge in [-0.3, -0.25) is 4.79 Å². The quantitative estimate of drug-likeness (QED) is 0.753. The van der Waals surface area contributed by atoms with Crippen molar-refractivity contribution in [3.63, 3.8) is 0 Å². The Morgan fingerprint density at radius 1 is 1.50 bits per heavy atom. The van der Waals surface area contributed by atoms with Crippen LogP contribution in [0.4, 0.5) is 0 Å². The number of carbonyl (C=O) groups excluding carboxylic acids is 1. The average molecular weight is 256 g/mol. The molecule has 2 atom stereocenters. The standard InChI is InChI=1S/C14H28N2O2/c1-5-7-14(8-9-15-11-14)13(17)16(6-2)12(3)10-18-4/h12,15H,5-11H2,1-4H3. The highest BCUT2D eigenvalue weighted by Gasteiger charge is 2.43. The van der Waals surface area contributed by atoms with Gasteiger partial charge < -0.3 is 15.0 Å². The van der Waals surface area contributed by atoms with Crippen LogP contribution in [0, 0.1) is 5.41 Å². The van der Waals surface area contributed by atoms with Crippen molar-refractivity contribution in [1.82, 2.24) is 10.2 Å². The molecule has 4 heteroatoms. The number of nitrogens with one attached hydrogen (secondary N) is 1. The minimum atomic E-state index is -0.174. The van der Waals surface area contributed by atoms with Gasteiger partial charge >= 0.3 is 0 Å². The number of methoxy groups -OCH3 is 1. The summed E-state index contributed by atoms with van der Waals surface area (Å²) in [6.45, 7) is 9.42. The van der Waals surface area contributed by atoms with E-state index in [4.69, 9.17) is 4.74 Å². The zero-order valence-electron chi connectivity index (χ0n) is 12.3. The lowest BCUT2D eigenvalue weighted by Gasteiger charge is -2.36. The van der Waals surface area contributed by atoms with Gasteiger partial charge in [-0.1, -0.05) is 13.3 Å². The fourth-order valence-electron chi connectivity index (χ4n) is 3.02. The summed E-state index contributed by atoms with van der Waals surface area (Å²) in [5.74, 6) is 0.307. The van der Waals surface area contributed by atoms with Gasteiger partial charge in [0, 0.05) is 20.2 Å². The lowest BCUT2D eigenvalue weighted by Crippen LogP contribution is -2.50. The van der Waals surface area contributed by atoms with E-state index in [0.717, 1.165) is 38.9 Å². The third kappa shape index (κ3) is 3.23. The Labute approximate surface area is 111 Å². The van der Waals surface area contributed by atoms with E-state index < -0.39 is 0 Å². The molecule has 18 heavy (non-hydrogen) atoms. The van der Waals surface area contributed by atoms with Crippen molar-refractivity contribution in [1.29, 1.82) is 0 Å². The van der Waals surface area contributed by atoms with Crippen molar-refractivity contribution in [3.8, 4) is 0 Å². The van der Waals surface area contributed by atoms with Crippen LogP contribution in [-0.2, 0) is 9.53 Å². The summed E-state index contributed by atoms with van der Waals surface area (Å²) in [6.07, 6.45) is 3.01. The van der Waals surface area contributed by atoms with Crippen LogP contribution >= 0.6 is 0 Å². The molecule has 0 aromatic carbocycles. The minimum Gasteiger partial charge on any atom is -0.383 e. The van der Waals surface area contributed by atoms with Gasteiger partial charge in [0.05, 0.1) is 18.1 Å². The third-order valence-corrected chi connectivity index (χ3v) is 3.97. The maximum Gasteiger partial charge on any atom is 0.230 e. The Bertz CT molecular complexity index is 263. The van der Waals surface area contributed by atoms with Gasteiger partial charge in [0.1, 0.15) is 0 Å². The van der Waals surface area contributed by atoms with E-state index >= 15 is 0 Å². The molecule has 1 aliphatic heterocycles.